The highest BCUT2D eigenvalue weighted by Gasteiger charge is 2.13. The number of aromatic nitrogens is 2. The highest BCUT2D eigenvalue weighted by atomic mass is 15.2. The van der Waals surface area contributed by atoms with Crippen LogP contribution < -0.4 is 5.73 Å². The molecule has 1 unspecified atom stereocenters. The second kappa shape index (κ2) is 4.30. The number of nitrogens with two attached hydrogens (primary N) is 1. The zero-order valence-electron chi connectivity index (χ0n) is 8.72. The van der Waals surface area contributed by atoms with Crippen molar-refractivity contribution in [3.8, 4) is 0 Å². The molecule has 1 heterocycles. The van der Waals surface area contributed by atoms with Gasteiger partial charge >= 0.3 is 0 Å². The summed E-state index contributed by atoms with van der Waals surface area (Å²) in [5, 5.41) is 7.08. The van der Waals surface area contributed by atoms with Gasteiger partial charge in [0.05, 0.1) is 0 Å². The normalized spacial score (nSPS) is 13.2. The Morgan fingerprint density at radius 3 is 2.69 bits per heavy atom. The molecule has 74 valence electrons. The summed E-state index contributed by atoms with van der Waals surface area (Å²) in [5.74, 6) is 1.21. The number of anilines is 1. The highest BCUT2D eigenvalue weighted by molar-refractivity contribution is 5.43. The molecule has 1 rings (SSSR count). The fourth-order valence-electron chi connectivity index (χ4n) is 1.75. The first-order chi connectivity index (χ1) is 6.20. The molecule has 0 aliphatic carbocycles. The quantitative estimate of drug-likeness (QED) is 0.749. The first-order valence-electron chi connectivity index (χ1n) is 5.03. The lowest BCUT2D eigenvalue weighted by molar-refractivity contribution is 0.639. The molecule has 1 aromatic rings. The summed E-state index contributed by atoms with van der Waals surface area (Å²) in [5.41, 5.74) is 8.16. The summed E-state index contributed by atoms with van der Waals surface area (Å²) in [4.78, 5) is 0. The largest absolute Gasteiger partial charge is 0.382 e. The lowest BCUT2D eigenvalue weighted by Gasteiger charge is -2.09. The third-order valence-corrected chi connectivity index (χ3v) is 2.50. The Labute approximate surface area is 79.7 Å². The van der Waals surface area contributed by atoms with Crippen molar-refractivity contribution >= 4 is 5.82 Å². The van der Waals surface area contributed by atoms with E-state index in [0.29, 0.717) is 11.7 Å². The molecule has 0 amide bonds. The first-order valence-corrected chi connectivity index (χ1v) is 5.03. The minimum absolute atomic E-state index is 0.546. The van der Waals surface area contributed by atoms with Crippen molar-refractivity contribution in [2.75, 3.05) is 5.73 Å². The van der Waals surface area contributed by atoms with Crippen LogP contribution in [0.3, 0.4) is 0 Å². The van der Waals surface area contributed by atoms with E-state index in [1.54, 1.807) is 0 Å². The Bertz CT molecular complexity index is 265. The fourth-order valence-corrected chi connectivity index (χ4v) is 1.75. The van der Waals surface area contributed by atoms with Gasteiger partial charge in [-0.3, -0.25) is 5.10 Å². The van der Waals surface area contributed by atoms with Crippen molar-refractivity contribution in [1.82, 2.24) is 10.2 Å². The average molecular weight is 181 g/mol. The van der Waals surface area contributed by atoms with E-state index < -0.39 is 0 Å². The Balaban J connectivity index is 2.86. The van der Waals surface area contributed by atoms with Crippen LogP contribution in [0.2, 0.25) is 0 Å². The number of nitrogens with zero attached hydrogens (tertiary/aromatic N) is 1. The van der Waals surface area contributed by atoms with Gasteiger partial charge in [-0.25, -0.2) is 0 Å². The number of hydrogen-bond acceptors (Lipinski definition) is 2. The van der Waals surface area contributed by atoms with E-state index in [9.17, 15) is 0 Å². The van der Waals surface area contributed by atoms with Crippen LogP contribution >= 0.6 is 0 Å². The van der Waals surface area contributed by atoms with Crippen LogP contribution in [-0.4, -0.2) is 10.2 Å². The van der Waals surface area contributed by atoms with Gasteiger partial charge < -0.3 is 5.73 Å². The minimum atomic E-state index is 0.546. The van der Waals surface area contributed by atoms with E-state index in [2.05, 4.69) is 31.0 Å². The Kier molecular flexibility index (Phi) is 3.34. The summed E-state index contributed by atoms with van der Waals surface area (Å²) in [6.45, 7) is 6.53. The molecule has 0 saturated carbocycles. The van der Waals surface area contributed by atoms with Crippen molar-refractivity contribution < 1.29 is 0 Å². The third kappa shape index (κ3) is 2.02. The predicted molar refractivity (Wildman–Crippen MR) is 55.7 cm³/mol. The van der Waals surface area contributed by atoms with Crippen LogP contribution in [0.4, 0.5) is 5.82 Å². The van der Waals surface area contributed by atoms with Crippen LogP contribution in [0.1, 0.15) is 50.8 Å². The van der Waals surface area contributed by atoms with Crippen molar-refractivity contribution in [2.24, 2.45) is 0 Å². The maximum absolute atomic E-state index is 5.74. The number of H-pyrrole nitrogens is 1. The number of nitrogens with one attached hydrogen (secondary N) is 1. The summed E-state index contributed by atoms with van der Waals surface area (Å²) < 4.78 is 0. The molecule has 0 aromatic carbocycles. The van der Waals surface area contributed by atoms with Crippen LogP contribution in [0.15, 0.2) is 0 Å². The SMILES string of the molecule is CCCC(C)c1[nH]nc(N)c1CC. The smallest absolute Gasteiger partial charge is 0.148 e. The Morgan fingerprint density at radius 2 is 2.15 bits per heavy atom. The van der Waals surface area contributed by atoms with E-state index in [-0.39, 0.29) is 0 Å². The first kappa shape index (κ1) is 10.1. The standard InChI is InChI=1S/C10H19N3/c1-4-6-7(3)9-8(5-2)10(11)13-12-9/h7H,4-6H2,1-3H3,(H3,11,12,13). The Morgan fingerprint density at radius 1 is 1.46 bits per heavy atom. The monoisotopic (exact) mass is 181 g/mol. The van der Waals surface area contributed by atoms with Gasteiger partial charge in [0.1, 0.15) is 5.82 Å². The van der Waals surface area contributed by atoms with Gasteiger partial charge in [0.15, 0.2) is 0 Å². The molecule has 0 aliphatic heterocycles. The summed E-state index contributed by atoms with van der Waals surface area (Å²) in [7, 11) is 0. The van der Waals surface area contributed by atoms with Crippen LogP contribution in [0, 0.1) is 0 Å². The van der Waals surface area contributed by atoms with Gasteiger partial charge in [0.25, 0.3) is 0 Å². The second-order valence-corrected chi connectivity index (χ2v) is 3.54. The average Bonchev–Trinajstić information content (AvgIpc) is 2.47. The van der Waals surface area contributed by atoms with E-state index in [0.717, 1.165) is 6.42 Å². The van der Waals surface area contributed by atoms with Gasteiger partial charge in [-0.1, -0.05) is 27.2 Å². The lowest BCUT2D eigenvalue weighted by atomic mass is 9.98. The zero-order valence-corrected chi connectivity index (χ0v) is 8.72. The molecule has 0 bridgehead atoms. The molecular formula is C10H19N3. The minimum Gasteiger partial charge on any atom is -0.382 e. The molecule has 1 aromatic heterocycles. The van der Waals surface area contributed by atoms with E-state index in [4.69, 9.17) is 5.73 Å². The molecule has 0 fully saturated rings. The molecule has 3 N–H and O–H groups in total. The Hall–Kier alpha value is -0.990. The maximum Gasteiger partial charge on any atom is 0.148 e. The maximum atomic E-state index is 5.74. The van der Waals surface area contributed by atoms with E-state index >= 15 is 0 Å². The molecule has 1 atom stereocenters. The second-order valence-electron chi connectivity index (χ2n) is 3.54. The molecular weight excluding hydrogens is 162 g/mol. The van der Waals surface area contributed by atoms with Crippen LogP contribution in [0.5, 0.6) is 0 Å². The van der Waals surface area contributed by atoms with Crippen LogP contribution in [0.25, 0.3) is 0 Å². The third-order valence-electron chi connectivity index (χ3n) is 2.50. The predicted octanol–water partition coefficient (Wildman–Crippen LogP) is 2.46. The van der Waals surface area contributed by atoms with Gasteiger partial charge in [-0.2, -0.15) is 5.10 Å². The van der Waals surface area contributed by atoms with Gasteiger partial charge in [0, 0.05) is 11.3 Å². The van der Waals surface area contributed by atoms with Crippen molar-refractivity contribution in [3.63, 3.8) is 0 Å². The zero-order chi connectivity index (χ0) is 9.84. The van der Waals surface area contributed by atoms with E-state index in [1.165, 1.54) is 24.1 Å². The molecule has 0 radical (unpaired) electrons. The van der Waals surface area contributed by atoms with Crippen molar-refractivity contribution in [2.45, 2.75) is 46.0 Å². The van der Waals surface area contributed by atoms with Crippen molar-refractivity contribution in [1.29, 1.82) is 0 Å². The number of nitrogen functional groups attached to an aromatic ring is 1. The molecule has 3 heteroatoms. The van der Waals surface area contributed by atoms with Crippen LogP contribution in [-0.2, 0) is 6.42 Å². The highest BCUT2D eigenvalue weighted by Crippen LogP contribution is 2.25. The number of hydrogen-bond donors (Lipinski definition) is 2. The van der Waals surface area contributed by atoms with E-state index in [1.807, 2.05) is 0 Å². The molecule has 13 heavy (non-hydrogen) atoms. The number of aromatic amines is 1. The topological polar surface area (TPSA) is 54.7 Å². The number of rotatable bonds is 4. The summed E-state index contributed by atoms with van der Waals surface area (Å²) in [6, 6.07) is 0. The van der Waals surface area contributed by atoms with Gasteiger partial charge in [-0.15, -0.1) is 0 Å². The molecule has 0 spiro atoms. The van der Waals surface area contributed by atoms with Gasteiger partial charge in [-0.05, 0) is 18.8 Å². The molecule has 3 nitrogen and oxygen atoms in total. The molecule has 0 aliphatic rings. The summed E-state index contributed by atoms with van der Waals surface area (Å²) >= 11 is 0. The van der Waals surface area contributed by atoms with Crippen molar-refractivity contribution in [3.05, 3.63) is 11.3 Å². The fraction of sp³-hybridized carbons (Fsp3) is 0.700. The molecule has 0 saturated heterocycles. The summed E-state index contributed by atoms with van der Waals surface area (Å²) in [6.07, 6.45) is 3.35. The van der Waals surface area contributed by atoms with Gasteiger partial charge in [0.2, 0.25) is 0 Å². The lowest BCUT2D eigenvalue weighted by Crippen LogP contribution is -1.98.